The van der Waals surface area contributed by atoms with E-state index in [9.17, 15) is 9.59 Å². The van der Waals surface area contributed by atoms with E-state index < -0.39 is 0 Å². The zero-order valence-electron chi connectivity index (χ0n) is 11.8. The normalized spacial score (nSPS) is 16.1. The minimum atomic E-state index is -0.342. The third-order valence-electron chi connectivity index (χ3n) is 3.09. The lowest BCUT2D eigenvalue weighted by Crippen LogP contribution is -2.22. The summed E-state index contributed by atoms with van der Waals surface area (Å²) in [6.07, 6.45) is 3.07. The van der Waals surface area contributed by atoms with Gasteiger partial charge in [-0.25, -0.2) is 4.98 Å². The number of hydrogen-bond acceptors (Lipinski definition) is 7. The van der Waals surface area contributed by atoms with Gasteiger partial charge in [-0.1, -0.05) is 30.0 Å². The molecule has 1 amide bonds. The van der Waals surface area contributed by atoms with Crippen molar-refractivity contribution in [2.75, 3.05) is 18.5 Å². The smallest absolute Gasteiger partial charge is 0.267 e. The van der Waals surface area contributed by atoms with Crippen molar-refractivity contribution in [2.24, 2.45) is 0 Å². The molecule has 0 spiro atoms. The number of aromatic nitrogens is 2. The molecule has 9 heteroatoms. The van der Waals surface area contributed by atoms with Gasteiger partial charge in [0.05, 0.1) is 17.1 Å². The molecule has 0 radical (unpaired) electrons. The summed E-state index contributed by atoms with van der Waals surface area (Å²) in [7, 11) is 0. The van der Waals surface area contributed by atoms with Crippen molar-refractivity contribution >= 4 is 51.7 Å². The highest BCUT2D eigenvalue weighted by Gasteiger charge is 2.23. The van der Waals surface area contributed by atoms with Crippen LogP contribution >= 0.6 is 24.0 Å². The molecule has 1 aliphatic heterocycles. The van der Waals surface area contributed by atoms with Gasteiger partial charge >= 0.3 is 0 Å². The van der Waals surface area contributed by atoms with Gasteiger partial charge in [0.2, 0.25) is 0 Å². The second-order valence-electron chi connectivity index (χ2n) is 4.61. The molecule has 3 rings (SSSR count). The zero-order valence-corrected chi connectivity index (χ0v) is 13.4. The number of nitrogens with one attached hydrogen (secondary N) is 2. The quantitative estimate of drug-likeness (QED) is 0.550. The number of amides is 1. The Hall–Kier alpha value is -2.23. The molecule has 7 nitrogen and oxygen atoms in total. The number of nitrogens with zero attached hydrogens (tertiary/aromatic N) is 2. The van der Waals surface area contributed by atoms with Crippen molar-refractivity contribution in [2.45, 2.75) is 0 Å². The number of aliphatic hydroxyl groups excluding tert-OH is 1. The summed E-state index contributed by atoms with van der Waals surface area (Å²) in [5, 5.41) is 14.4. The van der Waals surface area contributed by atoms with Crippen LogP contribution in [0, 0.1) is 0 Å². The number of rotatable bonds is 4. The Morgan fingerprint density at radius 2 is 2.26 bits per heavy atom. The molecule has 23 heavy (non-hydrogen) atoms. The Morgan fingerprint density at radius 1 is 1.43 bits per heavy atom. The van der Waals surface area contributed by atoms with Gasteiger partial charge in [0.25, 0.3) is 11.5 Å². The van der Waals surface area contributed by atoms with Crippen molar-refractivity contribution in [3.8, 4) is 0 Å². The van der Waals surface area contributed by atoms with Crippen molar-refractivity contribution in [3.63, 3.8) is 0 Å². The summed E-state index contributed by atoms with van der Waals surface area (Å²) in [5.74, 6) is -0.0281. The zero-order chi connectivity index (χ0) is 16.4. The Labute approximate surface area is 140 Å². The summed E-state index contributed by atoms with van der Waals surface area (Å²) in [4.78, 5) is 29.2. The highest BCUT2D eigenvalue weighted by Crippen LogP contribution is 2.26. The summed E-state index contributed by atoms with van der Waals surface area (Å²) in [5.41, 5.74) is 0.401. The van der Waals surface area contributed by atoms with Crippen LogP contribution in [0.1, 0.15) is 5.56 Å². The molecule has 2 aromatic rings. The van der Waals surface area contributed by atoms with Gasteiger partial charge in [-0.3, -0.25) is 14.0 Å². The van der Waals surface area contributed by atoms with Crippen LogP contribution in [-0.4, -0.2) is 37.9 Å². The van der Waals surface area contributed by atoms with Crippen LogP contribution in [0.4, 0.5) is 5.82 Å². The van der Waals surface area contributed by atoms with Crippen molar-refractivity contribution in [1.29, 1.82) is 0 Å². The molecule has 1 fully saturated rings. The van der Waals surface area contributed by atoms with E-state index in [1.807, 2.05) is 0 Å². The molecule has 0 aliphatic carbocycles. The van der Waals surface area contributed by atoms with Gasteiger partial charge < -0.3 is 15.7 Å². The Bertz CT molecular complexity index is 891. The van der Waals surface area contributed by atoms with Gasteiger partial charge in [0.1, 0.15) is 15.8 Å². The second-order valence-corrected chi connectivity index (χ2v) is 6.33. The fraction of sp³-hybridized carbons (Fsp3) is 0.143. The van der Waals surface area contributed by atoms with Crippen LogP contribution in [0.25, 0.3) is 11.7 Å². The molecule has 3 N–H and O–H groups in total. The topological polar surface area (TPSA) is 95.7 Å². The molecule has 0 aromatic carbocycles. The van der Waals surface area contributed by atoms with E-state index in [0.29, 0.717) is 20.7 Å². The number of thioether (sulfide) groups is 1. The second kappa shape index (κ2) is 6.49. The first kappa shape index (κ1) is 15.7. The van der Waals surface area contributed by atoms with E-state index in [1.54, 1.807) is 24.4 Å². The highest BCUT2D eigenvalue weighted by atomic mass is 32.2. The van der Waals surface area contributed by atoms with Gasteiger partial charge in [-0.2, -0.15) is 0 Å². The number of carbonyl (C=O) groups is 1. The first-order chi connectivity index (χ1) is 11.1. The minimum absolute atomic E-state index is 0.106. The molecule has 0 bridgehead atoms. The predicted octanol–water partition coefficient (Wildman–Crippen LogP) is 0.587. The van der Waals surface area contributed by atoms with Crippen LogP contribution in [0.2, 0.25) is 0 Å². The number of aliphatic hydroxyl groups is 1. The molecule has 0 atom stereocenters. The number of fused-ring (bicyclic) bond motifs is 1. The summed E-state index contributed by atoms with van der Waals surface area (Å²) >= 11 is 6.04. The van der Waals surface area contributed by atoms with Crippen LogP contribution in [-0.2, 0) is 4.79 Å². The number of hydrogen-bond donors (Lipinski definition) is 3. The van der Waals surface area contributed by atoms with E-state index in [4.69, 9.17) is 17.3 Å². The van der Waals surface area contributed by atoms with Crippen molar-refractivity contribution < 1.29 is 9.90 Å². The maximum atomic E-state index is 12.7. The Kier molecular flexibility index (Phi) is 4.42. The van der Waals surface area contributed by atoms with Crippen LogP contribution in [0.3, 0.4) is 0 Å². The first-order valence-corrected chi connectivity index (χ1v) is 7.93. The van der Waals surface area contributed by atoms with Gasteiger partial charge in [0, 0.05) is 12.7 Å². The van der Waals surface area contributed by atoms with E-state index in [2.05, 4.69) is 15.6 Å². The molecular formula is C14H12N4O3S2. The molecular weight excluding hydrogens is 336 g/mol. The maximum Gasteiger partial charge on any atom is 0.267 e. The fourth-order valence-corrected chi connectivity index (χ4v) is 3.12. The van der Waals surface area contributed by atoms with Gasteiger partial charge in [0.15, 0.2) is 0 Å². The SMILES string of the molecule is O=C1NC(=S)SC1=Cc1c(NCCO)nc2ccccn2c1=O. The average Bonchev–Trinajstić information content (AvgIpc) is 2.86. The summed E-state index contributed by atoms with van der Waals surface area (Å²) < 4.78 is 1.74. The molecule has 2 aromatic heterocycles. The standard InChI is InChI=1S/C14H12N4O3S2/c19-6-4-15-11-8(7-9-12(20)17-14(22)23-9)13(21)18-5-2-1-3-10(18)16-11/h1-3,5,7,15,19H,4,6H2,(H,17,20,22). The van der Waals surface area contributed by atoms with Crippen LogP contribution in [0.5, 0.6) is 0 Å². The number of anilines is 1. The monoisotopic (exact) mass is 348 g/mol. The molecule has 1 aliphatic rings. The van der Waals surface area contributed by atoms with Crippen LogP contribution in [0.15, 0.2) is 34.1 Å². The fourth-order valence-electron chi connectivity index (χ4n) is 2.09. The summed E-state index contributed by atoms with van der Waals surface area (Å²) in [6.45, 7) is 0.133. The highest BCUT2D eigenvalue weighted by molar-refractivity contribution is 8.26. The largest absolute Gasteiger partial charge is 0.395 e. The van der Waals surface area contributed by atoms with Crippen molar-refractivity contribution in [3.05, 3.63) is 45.2 Å². The lowest BCUT2D eigenvalue weighted by molar-refractivity contribution is -0.115. The van der Waals surface area contributed by atoms with E-state index in [1.165, 1.54) is 10.5 Å². The molecule has 1 saturated heterocycles. The van der Waals surface area contributed by atoms with E-state index >= 15 is 0 Å². The number of thiocarbonyl (C=S) groups is 1. The van der Waals surface area contributed by atoms with Gasteiger partial charge in [-0.05, 0) is 18.2 Å². The van der Waals surface area contributed by atoms with E-state index in [0.717, 1.165) is 11.8 Å². The minimum Gasteiger partial charge on any atom is -0.395 e. The van der Waals surface area contributed by atoms with Gasteiger partial charge in [-0.15, -0.1) is 0 Å². The van der Waals surface area contributed by atoms with Crippen molar-refractivity contribution in [1.82, 2.24) is 14.7 Å². The lowest BCUT2D eigenvalue weighted by atomic mass is 10.2. The maximum absolute atomic E-state index is 12.7. The summed E-state index contributed by atoms with van der Waals surface area (Å²) in [6, 6.07) is 5.20. The van der Waals surface area contributed by atoms with E-state index in [-0.39, 0.29) is 30.2 Å². The Balaban J connectivity index is 2.18. The van der Waals surface area contributed by atoms with Crippen LogP contribution < -0.4 is 16.2 Å². The average molecular weight is 348 g/mol. The predicted molar refractivity (Wildman–Crippen MR) is 93.3 cm³/mol. The Morgan fingerprint density at radius 3 is 2.96 bits per heavy atom. The lowest BCUT2D eigenvalue weighted by Gasteiger charge is -2.10. The number of pyridine rings is 1. The molecule has 118 valence electrons. The number of carbonyl (C=O) groups excluding carboxylic acids is 1. The third-order valence-corrected chi connectivity index (χ3v) is 4.25. The molecule has 0 saturated carbocycles. The molecule has 3 heterocycles. The molecule has 0 unspecified atom stereocenters. The third kappa shape index (κ3) is 3.11. The first-order valence-electron chi connectivity index (χ1n) is 6.71.